The van der Waals surface area contributed by atoms with Crippen LogP contribution in [0.5, 0.6) is 11.6 Å². The van der Waals surface area contributed by atoms with Crippen LogP contribution in [0.4, 0.5) is 13.2 Å². The van der Waals surface area contributed by atoms with E-state index in [9.17, 15) is 13.2 Å². The molecule has 4 nitrogen and oxygen atoms in total. The van der Waals surface area contributed by atoms with Crippen molar-refractivity contribution in [3.63, 3.8) is 0 Å². The third kappa shape index (κ3) is 4.00. The molecule has 2 aromatic heterocycles. The summed E-state index contributed by atoms with van der Waals surface area (Å²) < 4.78 is 48.3. The summed E-state index contributed by atoms with van der Waals surface area (Å²) in [5, 5.41) is -0.207. The summed E-state index contributed by atoms with van der Waals surface area (Å²) in [5.41, 5.74) is -0.238. The highest BCUT2D eigenvalue weighted by Crippen LogP contribution is 2.33. The summed E-state index contributed by atoms with van der Waals surface area (Å²) in [7, 11) is 0. The molecule has 0 saturated carbocycles. The molecule has 2 aromatic rings. The molecule has 0 radical (unpaired) electrons. The lowest BCUT2D eigenvalue weighted by atomic mass is 10.2. The van der Waals surface area contributed by atoms with E-state index in [1.807, 2.05) is 6.92 Å². The molecule has 22 heavy (non-hydrogen) atoms. The van der Waals surface area contributed by atoms with Gasteiger partial charge in [0, 0.05) is 18.0 Å². The summed E-state index contributed by atoms with van der Waals surface area (Å²) in [6, 6.07) is 2.46. The minimum atomic E-state index is -4.50. The van der Waals surface area contributed by atoms with Crippen molar-refractivity contribution < 1.29 is 22.6 Å². The molecule has 0 aromatic carbocycles. The highest BCUT2D eigenvalue weighted by atomic mass is 35.5. The summed E-state index contributed by atoms with van der Waals surface area (Å²) in [4.78, 5) is 7.53. The lowest BCUT2D eigenvalue weighted by molar-refractivity contribution is -0.137. The number of halogens is 4. The van der Waals surface area contributed by atoms with Crippen LogP contribution in [0.3, 0.4) is 0 Å². The third-order valence-corrected chi connectivity index (χ3v) is 2.94. The molecule has 0 N–H and O–H groups in total. The van der Waals surface area contributed by atoms with Gasteiger partial charge >= 0.3 is 6.18 Å². The van der Waals surface area contributed by atoms with Gasteiger partial charge in [-0.05, 0) is 19.1 Å². The van der Waals surface area contributed by atoms with Gasteiger partial charge in [-0.15, -0.1) is 0 Å². The lowest BCUT2D eigenvalue weighted by Gasteiger charge is -2.12. The predicted octanol–water partition coefficient (Wildman–Crippen LogP) is 4.13. The maximum absolute atomic E-state index is 12.5. The van der Waals surface area contributed by atoms with Gasteiger partial charge in [-0.3, -0.25) is 4.98 Å². The van der Waals surface area contributed by atoms with Crippen LogP contribution < -0.4 is 9.47 Å². The van der Waals surface area contributed by atoms with Gasteiger partial charge in [0.05, 0.1) is 18.4 Å². The Bertz CT molecular complexity index is 650. The van der Waals surface area contributed by atoms with Crippen molar-refractivity contribution >= 4 is 11.6 Å². The van der Waals surface area contributed by atoms with Crippen LogP contribution in [-0.4, -0.2) is 16.6 Å². The molecule has 0 unspecified atom stereocenters. The average molecular weight is 333 g/mol. The summed E-state index contributed by atoms with van der Waals surface area (Å²) >= 11 is 5.77. The lowest BCUT2D eigenvalue weighted by Crippen LogP contribution is -2.07. The van der Waals surface area contributed by atoms with Gasteiger partial charge in [-0.1, -0.05) is 11.6 Å². The van der Waals surface area contributed by atoms with Crippen molar-refractivity contribution in [1.82, 2.24) is 9.97 Å². The maximum atomic E-state index is 12.5. The summed E-state index contributed by atoms with van der Waals surface area (Å²) in [5.74, 6) is 0.460. The number of hydrogen-bond donors (Lipinski definition) is 0. The van der Waals surface area contributed by atoms with Crippen molar-refractivity contribution in [3.05, 3.63) is 46.9 Å². The topological polar surface area (TPSA) is 44.2 Å². The number of rotatable bonds is 5. The van der Waals surface area contributed by atoms with E-state index >= 15 is 0 Å². The Labute approximate surface area is 129 Å². The number of pyridine rings is 2. The first-order valence-electron chi connectivity index (χ1n) is 6.33. The van der Waals surface area contributed by atoms with Crippen LogP contribution in [0.1, 0.15) is 18.1 Å². The SMILES string of the molecule is CCOc1cnccc1COc1ncc(C(F)(F)F)cc1Cl. The number of nitrogens with zero attached hydrogens (tertiary/aromatic N) is 2. The summed E-state index contributed by atoms with van der Waals surface area (Å²) in [6.45, 7) is 2.33. The molecular weight excluding hydrogens is 321 g/mol. The number of alkyl halides is 3. The zero-order valence-electron chi connectivity index (χ0n) is 11.5. The molecule has 0 amide bonds. The fourth-order valence-corrected chi connectivity index (χ4v) is 1.87. The Morgan fingerprint density at radius 3 is 2.64 bits per heavy atom. The van der Waals surface area contributed by atoms with Crippen LogP contribution >= 0.6 is 11.6 Å². The van der Waals surface area contributed by atoms with E-state index in [0.717, 1.165) is 6.07 Å². The molecule has 0 spiro atoms. The van der Waals surface area contributed by atoms with Crippen molar-refractivity contribution in [3.8, 4) is 11.6 Å². The Morgan fingerprint density at radius 1 is 1.23 bits per heavy atom. The average Bonchev–Trinajstić information content (AvgIpc) is 2.46. The molecular formula is C14H12ClF3N2O2. The molecule has 0 saturated heterocycles. The van der Waals surface area contributed by atoms with E-state index in [4.69, 9.17) is 21.1 Å². The van der Waals surface area contributed by atoms with Crippen molar-refractivity contribution in [2.75, 3.05) is 6.61 Å². The van der Waals surface area contributed by atoms with E-state index in [1.54, 1.807) is 12.3 Å². The van der Waals surface area contributed by atoms with Gasteiger partial charge in [-0.25, -0.2) is 4.98 Å². The number of hydrogen-bond acceptors (Lipinski definition) is 4. The van der Waals surface area contributed by atoms with Gasteiger partial charge < -0.3 is 9.47 Å². The minimum absolute atomic E-state index is 0.0515. The normalized spacial score (nSPS) is 11.3. The van der Waals surface area contributed by atoms with E-state index in [1.165, 1.54) is 6.20 Å². The van der Waals surface area contributed by atoms with Crippen LogP contribution in [0.2, 0.25) is 5.02 Å². The van der Waals surface area contributed by atoms with Gasteiger partial charge in [0.15, 0.2) is 0 Å². The van der Waals surface area contributed by atoms with Crippen LogP contribution in [0.25, 0.3) is 0 Å². The minimum Gasteiger partial charge on any atom is -0.492 e. The first-order valence-corrected chi connectivity index (χ1v) is 6.71. The zero-order valence-corrected chi connectivity index (χ0v) is 12.3. The second kappa shape index (κ2) is 6.83. The Kier molecular flexibility index (Phi) is 5.07. The highest BCUT2D eigenvalue weighted by molar-refractivity contribution is 6.31. The van der Waals surface area contributed by atoms with Crippen molar-refractivity contribution in [1.29, 1.82) is 0 Å². The van der Waals surface area contributed by atoms with Crippen molar-refractivity contribution in [2.24, 2.45) is 0 Å². The quantitative estimate of drug-likeness (QED) is 0.826. The maximum Gasteiger partial charge on any atom is 0.417 e. The largest absolute Gasteiger partial charge is 0.492 e. The Balaban J connectivity index is 2.12. The van der Waals surface area contributed by atoms with Crippen LogP contribution in [-0.2, 0) is 12.8 Å². The molecule has 0 aliphatic heterocycles. The standard InChI is InChI=1S/C14H12ClF3N2O2/c1-2-21-12-7-19-4-3-9(12)8-22-13-11(15)5-10(6-20-13)14(16,17)18/h3-7H,2,8H2,1H3. The van der Waals surface area contributed by atoms with Gasteiger partial charge in [0.1, 0.15) is 17.4 Å². The molecule has 8 heteroatoms. The highest BCUT2D eigenvalue weighted by Gasteiger charge is 2.31. The first-order chi connectivity index (χ1) is 10.4. The molecule has 118 valence electrons. The molecule has 0 fully saturated rings. The molecule has 0 aliphatic rings. The molecule has 0 bridgehead atoms. The van der Waals surface area contributed by atoms with E-state index in [-0.39, 0.29) is 17.5 Å². The van der Waals surface area contributed by atoms with E-state index in [2.05, 4.69) is 9.97 Å². The number of aromatic nitrogens is 2. The first kappa shape index (κ1) is 16.4. The van der Waals surface area contributed by atoms with Gasteiger partial charge in [-0.2, -0.15) is 13.2 Å². The second-order valence-corrected chi connectivity index (χ2v) is 4.62. The smallest absolute Gasteiger partial charge is 0.417 e. The van der Waals surface area contributed by atoms with Gasteiger partial charge in [0.2, 0.25) is 5.88 Å². The molecule has 2 rings (SSSR count). The van der Waals surface area contributed by atoms with Gasteiger partial charge in [0.25, 0.3) is 0 Å². The zero-order chi connectivity index (χ0) is 16.2. The fourth-order valence-electron chi connectivity index (χ4n) is 1.65. The summed E-state index contributed by atoms with van der Waals surface area (Å²) in [6.07, 6.45) is -0.730. The Hall–Kier alpha value is -2.02. The fraction of sp³-hybridized carbons (Fsp3) is 0.286. The van der Waals surface area contributed by atoms with Crippen LogP contribution in [0, 0.1) is 0 Å². The predicted molar refractivity (Wildman–Crippen MR) is 74.0 cm³/mol. The Morgan fingerprint density at radius 2 is 2.00 bits per heavy atom. The molecule has 2 heterocycles. The second-order valence-electron chi connectivity index (χ2n) is 4.21. The monoisotopic (exact) mass is 332 g/mol. The van der Waals surface area contributed by atoms with Crippen molar-refractivity contribution in [2.45, 2.75) is 19.7 Å². The van der Waals surface area contributed by atoms with Crippen LogP contribution in [0.15, 0.2) is 30.7 Å². The molecule has 0 atom stereocenters. The third-order valence-electron chi connectivity index (χ3n) is 2.67. The molecule has 0 aliphatic carbocycles. The van der Waals surface area contributed by atoms with E-state index < -0.39 is 11.7 Å². The van der Waals surface area contributed by atoms with E-state index in [0.29, 0.717) is 24.1 Å². The number of ether oxygens (including phenoxy) is 2.